The van der Waals surface area contributed by atoms with Crippen LogP contribution in [0.3, 0.4) is 0 Å². The van der Waals surface area contributed by atoms with Crippen LogP contribution in [-0.2, 0) is 0 Å². The first-order valence-electron chi connectivity index (χ1n) is 6.24. The van der Waals surface area contributed by atoms with Gasteiger partial charge < -0.3 is 5.11 Å². The van der Waals surface area contributed by atoms with Crippen molar-refractivity contribution in [2.24, 2.45) is 0 Å². The van der Waals surface area contributed by atoms with Crippen LogP contribution in [0.4, 0.5) is 0 Å². The summed E-state index contributed by atoms with van der Waals surface area (Å²) in [6.07, 6.45) is 0. The van der Waals surface area contributed by atoms with E-state index in [0.717, 1.165) is 22.0 Å². The number of hydrogen-bond donors (Lipinski definition) is 1. The first-order valence-corrected chi connectivity index (χ1v) is 7.00. The first-order chi connectivity index (χ1) is 9.47. The topological polar surface area (TPSA) is 25.2 Å². The fourth-order valence-corrected chi connectivity index (χ4v) is 3.23. The van der Waals surface area contributed by atoms with E-state index in [4.69, 9.17) is 23.2 Å². The zero-order chi connectivity index (χ0) is 14.4. The molecule has 0 spiro atoms. The molecule has 2 nitrogen and oxygen atoms in total. The van der Waals surface area contributed by atoms with Crippen LogP contribution in [0.1, 0.15) is 11.1 Å². The number of fused-ring (bicyclic) bond motifs is 1. The normalized spacial score (nSPS) is 11.2. The van der Waals surface area contributed by atoms with Crippen molar-refractivity contribution < 1.29 is 5.11 Å². The monoisotopic (exact) mass is 305 g/mol. The maximum absolute atomic E-state index is 10.2. The Morgan fingerprint density at radius 3 is 2.20 bits per heavy atom. The maximum Gasteiger partial charge on any atom is 0.196 e. The van der Waals surface area contributed by atoms with E-state index in [1.807, 2.05) is 44.2 Å². The zero-order valence-electron chi connectivity index (χ0n) is 11.1. The third-order valence-electron chi connectivity index (χ3n) is 3.32. The lowest BCUT2D eigenvalue weighted by molar-refractivity contribution is 0.445. The minimum absolute atomic E-state index is 0.123. The van der Waals surface area contributed by atoms with Gasteiger partial charge in [0.1, 0.15) is 0 Å². The molecule has 0 saturated heterocycles. The van der Waals surface area contributed by atoms with Crippen LogP contribution in [0.15, 0.2) is 36.4 Å². The average Bonchev–Trinajstić information content (AvgIpc) is 2.64. The molecule has 0 aliphatic rings. The molecule has 3 aromatic rings. The molecule has 1 heterocycles. The standard InChI is InChI=1S/C16H13Cl2NO/c1-9-3-4-14-11(5-9)8-15(20)19(14)16-12(17)6-10(2)7-13(16)18/h3-8,20H,1-2H3. The van der Waals surface area contributed by atoms with Crippen molar-refractivity contribution in [1.29, 1.82) is 0 Å². The van der Waals surface area contributed by atoms with Gasteiger partial charge in [-0.25, -0.2) is 0 Å². The van der Waals surface area contributed by atoms with E-state index in [1.54, 1.807) is 10.6 Å². The van der Waals surface area contributed by atoms with Crippen LogP contribution in [0, 0.1) is 13.8 Å². The number of aromatic hydroxyl groups is 1. The van der Waals surface area contributed by atoms with Crippen LogP contribution in [-0.4, -0.2) is 9.67 Å². The summed E-state index contributed by atoms with van der Waals surface area (Å²) in [6.45, 7) is 3.94. The van der Waals surface area contributed by atoms with Gasteiger partial charge in [0.15, 0.2) is 5.88 Å². The van der Waals surface area contributed by atoms with E-state index >= 15 is 0 Å². The highest BCUT2D eigenvalue weighted by atomic mass is 35.5. The second-order valence-electron chi connectivity index (χ2n) is 4.98. The Labute approximate surface area is 127 Å². The van der Waals surface area contributed by atoms with Gasteiger partial charge in [-0.05, 0) is 43.7 Å². The van der Waals surface area contributed by atoms with E-state index in [-0.39, 0.29) is 5.88 Å². The van der Waals surface area contributed by atoms with Crippen LogP contribution in [0.5, 0.6) is 5.88 Å². The molecule has 20 heavy (non-hydrogen) atoms. The summed E-state index contributed by atoms with van der Waals surface area (Å²) in [4.78, 5) is 0. The molecule has 0 aliphatic carbocycles. The van der Waals surface area contributed by atoms with E-state index in [9.17, 15) is 5.11 Å². The number of nitrogens with zero attached hydrogens (tertiary/aromatic N) is 1. The number of hydrogen-bond acceptors (Lipinski definition) is 1. The van der Waals surface area contributed by atoms with Gasteiger partial charge in [-0.1, -0.05) is 34.8 Å². The largest absolute Gasteiger partial charge is 0.494 e. The van der Waals surface area contributed by atoms with Gasteiger partial charge in [0.25, 0.3) is 0 Å². The molecule has 1 N–H and O–H groups in total. The van der Waals surface area contributed by atoms with Gasteiger partial charge in [0.2, 0.25) is 0 Å². The predicted molar refractivity (Wildman–Crippen MR) is 84.4 cm³/mol. The minimum Gasteiger partial charge on any atom is -0.494 e. The molecule has 4 heteroatoms. The summed E-state index contributed by atoms with van der Waals surface area (Å²) in [7, 11) is 0. The van der Waals surface area contributed by atoms with E-state index in [1.165, 1.54) is 0 Å². The summed E-state index contributed by atoms with van der Waals surface area (Å²) in [5.41, 5.74) is 3.60. The molecule has 0 amide bonds. The molecule has 3 rings (SSSR count). The fourth-order valence-electron chi connectivity index (χ4n) is 2.46. The summed E-state index contributed by atoms with van der Waals surface area (Å²) in [5, 5.41) is 12.2. The summed E-state index contributed by atoms with van der Waals surface area (Å²) in [6, 6.07) is 11.4. The average molecular weight is 306 g/mol. The minimum atomic E-state index is 0.123. The number of benzene rings is 2. The van der Waals surface area contributed by atoms with Crippen LogP contribution >= 0.6 is 23.2 Å². The molecule has 1 aromatic heterocycles. The number of halogens is 2. The molecule has 0 fully saturated rings. The van der Waals surface area contributed by atoms with E-state index < -0.39 is 0 Å². The highest BCUT2D eigenvalue weighted by molar-refractivity contribution is 6.38. The van der Waals surface area contributed by atoms with Gasteiger partial charge in [-0.15, -0.1) is 0 Å². The summed E-state index contributed by atoms with van der Waals surface area (Å²) in [5.74, 6) is 0.123. The van der Waals surface area contributed by atoms with E-state index in [2.05, 4.69) is 0 Å². The van der Waals surface area contributed by atoms with Crippen LogP contribution < -0.4 is 0 Å². The van der Waals surface area contributed by atoms with Gasteiger partial charge in [0.05, 0.1) is 21.2 Å². The predicted octanol–water partition coefficient (Wildman–Crippen LogP) is 5.26. The first kappa shape index (κ1) is 13.3. The molecule has 0 aliphatic heterocycles. The second kappa shape index (κ2) is 4.72. The maximum atomic E-state index is 10.2. The van der Waals surface area contributed by atoms with Crippen molar-refractivity contribution in [2.45, 2.75) is 13.8 Å². The molecule has 0 radical (unpaired) electrons. The quantitative estimate of drug-likeness (QED) is 0.652. The van der Waals surface area contributed by atoms with Crippen LogP contribution in [0.25, 0.3) is 16.6 Å². The SMILES string of the molecule is Cc1cc(Cl)c(-n2c(O)cc3cc(C)ccc32)c(Cl)c1. The van der Waals surface area contributed by atoms with Gasteiger partial charge in [0, 0.05) is 11.5 Å². The van der Waals surface area contributed by atoms with Crippen molar-refractivity contribution in [1.82, 2.24) is 4.57 Å². The Hall–Kier alpha value is -1.64. The Morgan fingerprint density at radius 2 is 1.55 bits per heavy atom. The summed E-state index contributed by atoms with van der Waals surface area (Å²) < 4.78 is 1.68. The van der Waals surface area contributed by atoms with Crippen molar-refractivity contribution >= 4 is 34.1 Å². The molecule has 0 bridgehead atoms. The van der Waals surface area contributed by atoms with E-state index in [0.29, 0.717) is 15.7 Å². The van der Waals surface area contributed by atoms with Crippen LogP contribution in [0.2, 0.25) is 10.0 Å². The Balaban J connectivity index is 2.38. The molecule has 0 atom stereocenters. The lowest BCUT2D eigenvalue weighted by atomic mass is 10.2. The fraction of sp³-hybridized carbons (Fsp3) is 0.125. The number of rotatable bonds is 1. The van der Waals surface area contributed by atoms with Crippen molar-refractivity contribution in [3.63, 3.8) is 0 Å². The Bertz CT molecular complexity index is 798. The molecule has 2 aromatic carbocycles. The third kappa shape index (κ3) is 2.05. The summed E-state index contributed by atoms with van der Waals surface area (Å²) >= 11 is 12.6. The zero-order valence-corrected chi connectivity index (χ0v) is 12.6. The molecular weight excluding hydrogens is 293 g/mol. The molecular formula is C16H13Cl2NO. The van der Waals surface area contributed by atoms with Gasteiger partial charge in [-0.2, -0.15) is 0 Å². The Morgan fingerprint density at radius 1 is 0.900 bits per heavy atom. The van der Waals surface area contributed by atoms with Crippen molar-refractivity contribution in [3.8, 4) is 11.6 Å². The lowest BCUT2D eigenvalue weighted by Gasteiger charge is -2.12. The molecule has 102 valence electrons. The van der Waals surface area contributed by atoms with Crippen molar-refractivity contribution in [3.05, 3.63) is 57.6 Å². The number of aryl methyl sites for hydroxylation is 2. The van der Waals surface area contributed by atoms with Gasteiger partial charge in [-0.3, -0.25) is 4.57 Å². The molecule has 0 saturated carbocycles. The molecule has 0 unspecified atom stereocenters. The smallest absolute Gasteiger partial charge is 0.196 e. The second-order valence-corrected chi connectivity index (χ2v) is 5.79. The van der Waals surface area contributed by atoms with Gasteiger partial charge >= 0.3 is 0 Å². The van der Waals surface area contributed by atoms with Crippen molar-refractivity contribution in [2.75, 3.05) is 0 Å². The highest BCUT2D eigenvalue weighted by Gasteiger charge is 2.16. The third-order valence-corrected chi connectivity index (χ3v) is 3.90. The lowest BCUT2D eigenvalue weighted by Crippen LogP contribution is -1.96. The number of aromatic nitrogens is 1. The Kier molecular flexibility index (Phi) is 3.15. The highest BCUT2D eigenvalue weighted by Crippen LogP contribution is 2.37.